The van der Waals surface area contributed by atoms with Gasteiger partial charge in [0.15, 0.2) is 0 Å². The SMILES string of the molecule is C1=CC=CC2CNCCCCNCc3ccccc3SCCCCSC=12. The van der Waals surface area contributed by atoms with E-state index in [0.717, 1.165) is 26.2 Å². The molecule has 1 heterocycles. The number of fused-ring (bicyclic) bond motifs is 2. The van der Waals surface area contributed by atoms with Crippen LogP contribution < -0.4 is 10.6 Å². The summed E-state index contributed by atoms with van der Waals surface area (Å²) in [4.78, 5) is 2.85. The van der Waals surface area contributed by atoms with Gasteiger partial charge in [-0.3, -0.25) is 0 Å². The van der Waals surface area contributed by atoms with E-state index in [2.05, 4.69) is 58.9 Å². The molecule has 0 radical (unpaired) electrons. The van der Waals surface area contributed by atoms with E-state index in [4.69, 9.17) is 0 Å². The van der Waals surface area contributed by atoms with Crippen molar-refractivity contribution in [2.24, 2.45) is 5.92 Å². The standard InChI is InChI=1S/C22H30N2S2/c1-3-11-21-19(9-1)17-23-13-5-6-14-24-18-20-10-2-4-12-22(20)26-16-8-7-15-25-21/h1-4,9-11,20,23-24H,5-8,13-18H2. The van der Waals surface area contributed by atoms with Crippen LogP contribution >= 0.6 is 23.5 Å². The van der Waals surface area contributed by atoms with Gasteiger partial charge in [-0.2, -0.15) is 0 Å². The molecule has 2 N–H and O–H groups in total. The Morgan fingerprint density at radius 3 is 2.65 bits per heavy atom. The fourth-order valence-electron chi connectivity index (χ4n) is 3.16. The Labute approximate surface area is 167 Å². The molecule has 0 fully saturated rings. The monoisotopic (exact) mass is 386 g/mol. The van der Waals surface area contributed by atoms with Gasteiger partial charge in [-0.15, -0.1) is 29.3 Å². The topological polar surface area (TPSA) is 24.1 Å². The van der Waals surface area contributed by atoms with E-state index in [0.29, 0.717) is 5.92 Å². The van der Waals surface area contributed by atoms with Crippen LogP contribution in [0.3, 0.4) is 0 Å². The van der Waals surface area contributed by atoms with Crippen molar-refractivity contribution in [2.45, 2.75) is 37.1 Å². The highest BCUT2D eigenvalue weighted by Crippen LogP contribution is 2.28. The lowest BCUT2D eigenvalue weighted by Crippen LogP contribution is -2.25. The highest BCUT2D eigenvalue weighted by molar-refractivity contribution is 8.03. The number of benzene rings is 1. The van der Waals surface area contributed by atoms with Gasteiger partial charge < -0.3 is 10.6 Å². The van der Waals surface area contributed by atoms with Crippen molar-refractivity contribution in [1.29, 1.82) is 0 Å². The van der Waals surface area contributed by atoms with Gasteiger partial charge in [-0.1, -0.05) is 30.4 Å². The molecule has 1 aromatic rings. The average Bonchev–Trinajstić information content (AvgIpc) is 2.68. The zero-order chi connectivity index (χ0) is 17.9. The molecule has 0 aromatic heterocycles. The molecule has 0 bridgehead atoms. The van der Waals surface area contributed by atoms with Crippen LogP contribution in [0.15, 0.2) is 58.0 Å². The lowest BCUT2D eigenvalue weighted by molar-refractivity contribution is 0.562. The van der Waals surface area contributed by atoms with E-state index in [-0.39, 0.29) is 0 Å². The third-order valence-corrected chi connectivity index (χ3v) is 7.09. The Morgan fingerprint density at radius 1 is 0.923 bits per heavy atom. The first-order valence-corrected chi connectivity index (χ1v) is 11.8. The molecule has 1 unspecified atom stereocenters. The zero-order valence-electron chi connectivity index (χ0n) is 15.5. The molecule has 140 valence electrons. The van der Waals surface area contributed by atoms with E-state index in [1.165, 1.54) is 52.6 Å². The van der Waals surface area contributed by atoms with Crippen molar-refractivity contribution in [1.82, 2.24) is 10.6 Å². The Balaban J connectivity index is 1.55. The first-order valence-electron chi connectivity index (χ1n) is 9.82. The van der Waals surface area contributed by atoms with Crippen LogP contribution in [0.2, 0.25) is 0 Å². The lowest BCUT2D eigenvalue weighted by Gasteiger charge is -2.18. The fraction of sp³-hybridized carbons (Fsp3) is 0.500. The van der Waals surface area contributed by atoms with Gasteiger partial charge in [-0.05, 0) is 68.0 Å². The summed E-state index contributed by atoms with van der Waals surface area (Å²) >= 11 is 4.01. The summed E-state index contributed by atoms with van der Waals surface area (Å²) in [5, 5.41) is 7.25. The minimum absolute atomic E-state index is 0.503. The highest BCUT2D eigenvalue weighted by atomic mass is 32.2. The van der Waals surface area contributed by atoms with Crippen LogP contribution in [-0.4, -0.2) is 31.1 Å². The van der Waals surface area contributed by atoms with Crippen molar-refractivity contribution in [3.05, 3.63) is 58.7 Å². The third kappa shape index (κ3) is 6.68. The van der Waals surface area contributed by atoms with Crippen LogP contribution in [0.1, 0.15) is 31.2 Å². The number of hydrogen-bond acceptors (Lipinski definition) is 4. The van der Waals surface area contributed by atoms with Gasteiger partial charge >= 0.3 is 0 Å². The van der Waals surface area contributed by atoms with E-state index in [1.807, 2.05) is 23.5 Å². The van der Waals surface area contributed by atoms with Gasteiger partial charge in [0.1, 0.15) is 0 Å². The number of hydrogen-bond donors (Lipinski definition) is 2. The van der Waals surface area contributed by atoms with Crippen molar-refractivity contribution < 1.29 is 0 Å². The van der Waals surface area contributed by atoms with Gasteiger partial charge in [0, 0.05) is 28.8 Å². The number of allylic oxidation sites excluding steroid dienone is 1. The zero-order valence-corrected chi connectivity index (χ0v) is 17.1. The number of nitrogens with one attached hydrogen (secondary N) is 2. The number of rotatable bonds is 0. The molecule has 2 nitrogen and oxygen atoms in total. The molecule has 1 aliphatic carbocycles. The summed E-state index contributed by atoms with van der Waals surface area (Å²) in [7, 11) is 0. The molecule has 0 spiro atoms. The van der Waals surface area contributed by atoms with Crippen LogP contribution in [-0.2, 0) is 6.54 Å². The molecule has 1 aliphatic heterocycles. The van der Waals surface area contributed by atoms with E-state index in [1.54, 1.807) is 0 Å². The first-order chi connectivity index (χ1) is 12.9. The summed E-state index contributed by atoms with van der Waals surface area (Å²) < 4.78 is 0. The molecule has 26 heavy (non-hydrogen) atoms. The van der Waals surface area contributed by atoms with Gasteiger partial charge in [-0.25, -0.2) is 0 Å². The normalized spacial score (nSPS) is 23.2. The van der Waals surface area contributed by atoms with Crippen LogP contribution in [0.5, 0.6) is 0 Å². The van der Waals surface area contributed by atoms with Crippen molar-refractivity contribution in [2.75, 3.05) is 31.1 Å². The maximum atomic E-state index is 3.63. The second kappa shape index (κ2) is 11.7. The Morgan fingerprint density at radius 2 is 1.73 bits per heavy atom. The molecule has 0 saturated heterocycles. The summed E-state index contributed by atoms with van der Waals surface area (Å²) in [6, 6.07) is 8.85. The second-order valence-electron chi connectivity index (χ2n) is 6.77. The van der Waals surface area contributed by atoms with Crippen LogP contribution in [0.4, 0.5) is 0 Å². The maximum absolute atomic E-state index is 3.63. The molecule has 4 heteroatoms. The fourth-order valence-corrected chi connectivity index (χ4v) is 5.33. The Hall–Kier alpha value is -0.900. The van der Waals surface area contributed by atoms with Gasteiger partial charge in [0.25, 0.3) is 0 Å². The largest absolute Gasteiger partial charge is 0.316 e. The second-order valence-corrected chi connectivity index (χ2v) is 9.04. The predicted octanol–water partition coefficient (Wildman–Crippen LogP) is 4.99. The van der Waals surface area contributed by atoms with Crippen molar-refractivity contribution >= 4 is 23.5 Å². The quantitative estimate of drug-likeness (QED) is 0.614. The molecule has 1 aromatic carbocycles. The Bertz CT molecular complexity index is 647. The summed E-state index contributed by atoms with van der Waals surface area (Å²) in [6.07, 6.45) is 11.5. The van der Waals surface area contributed by atoms with E-state index in [9.17, 15) is 0 Å². The van der Waals surface area contributed by atoms with E-state index >= 15 is 0 Å². The molecule has 2 aliphatic rings. The number of thioether (sulfide) groups is 2. The third-order valence-electron chi connectivity index (χ3n) is 4.67. The summed E-state index contributed by atoms with van der Waals surface area (Å²) in [5.41, 5.74) is 4.91. The highest BCUT2D eigenvalue weighted by Gasteiger charge is 2.13. The van der Waals surface area contributed by atoms with Gasteiger partial charge in [0.2, 0.25) is 0 Å². The molecule has 1 atom stereocenters. The lowest BCUT2D eigenvalue weighted by atomic mass is 10.1. The van der Waals surface area contributed by atoms with E-state index < -0.39 is 0 Å². The average molecular weight is 387 g/mol. The molecule has 0 amide bonds. The minimum Gasteiger partial charge on any atom is -0.316 e. The van der Waals surface area contributed by atoms with Gasteiger partial charge in [0.05, 0.1) is 0 Å². The summed E-state index contributed by atoms with van der Waals surface area (Å²) in [6.45, 7) is 4.21. The predicted molar refractivity (Wildman–Crippen MR) is 117 cm³/mol. The minimum atomic E-state index is 0.503. The molecular weight excluding hydrogens is 356 g/mol. The van der Waals surface area contributed by atoms with Crippen molar-refractivity contribution in [3.63, 3.8) is 0 Å². The first kappa shape index (κ1) is 19.9. The molecule has 0 saturated carbocycles. The Kier molecular flexibility index (Phi) is 8.96. The molecular formula is C22H30N2S2. The van der Waals surface area contributed by atoms with Crippen LogP contribution in [0, 0.1) is 5.92 Å². The summed E-state index contributed by atoms with van der Waals surface area (Å²) in [5.74, 6) is 2.91. The van der Waals surface area contributed by atoms with Crippen LogP contribution in [0.25, 0.3) is 0 Å². The smallest absolute Gasteiger partial charge is 0.0347 e. The van der Waals surface area contributed by atoms with Crippen molar-refractivity contribution in [3.8, 4) is 0 Å². The molecule has 3 rings (SSSR count). The maximum Gasteiger partial charge on any atom is 0.0347 e.